The van der Waals surface area contributed by atoms with Crippen molar-refractivity contribution in [2.75, 3.05) is 7.05 Å². The summed E-state index contributed by atoms with van der Waals surface area (Å²) in [4.78, 5) is 11.6. The highest BCUT2D eigenvalue weighted by molar-refractivity contribution is 5.75. The average Bonchev–Trinajstić information content (AvgIpc) is 2.53. The second-order valence-electron chi connectivity index (χ2n) is 5.92. The fourth-order valence-corrected chi connectivity index (χ4v) is 3.17. The van der Waals surface area contributed by atoms with Gasteiger partial charge in [-0.05, 0) is 30.2 Å². The van der Waals surface area contributed by atoms with Crippen LogP contribution in [-0.4, -0.2) is 13.0 Å². The molecule has 0 heterocycles. The lowest BCUT2D eigenvalue weighted by Crippen LogP contribution is -2.20. The van der Waals surface area contributed by atoms with Crippen molar-refractivity contribution in [2.24, 2.45) is 5.92 Å². The number of carbonyl (C=O) groups is 1. The highest BCUT2D eigenvalue weighted by Crippen LogP contribution is 2.35. The van der Waals surface area contributed by atoms with E-state index >= 15 is 0 Å². The van der Waals surface area contributed by atoms with Crippen LogP contribution in [0.4, 0.5) is 0 Å². The van der Waals surface area contributed by atoms with Crippen LogP contribution in [0.5, 0.6) is 0 Å². The molecule has 1 rings (SSSR count). The van der Waals surface area contributed by atoms with E-state index in [1.807, 2.05) is 0 Å². The summed E-state index contributed by atoms with van der Waals surface area (Å²) in [6.07, 6.45) is 7.87. The van der Waals surface area contributed by atoms with E-state index < -0.39 is 0 Å². The quantitative estimate of drug-likeness (QED) is 0.652. The van der Waals surface area contributed by atoms with Crippen molar-refractivity contribution in [3.63, 3.8) is 0 Å². The fraction of sp³-hybridized carbons (Fsp3) is 0.632. The van der Waals surface area contributed by atoms with E-state index in [4.69, 9.17) is 0 Å². The molecule has 0 bridgehead atoms. The molecule has 0 aliphatic rings. The molecule has 0 aromatic heterocycles. The van der Waals surface area contributed by atoms with Crippen molar-refractivity contribution in [2.45, 2.75) is 64.7 Å². The standard InChI is InChI=1S/C19H31NO/c1-4-6-11-16(10-5-2)18(14-15-19(21)20-3)17-12-8-7-9-13-17/h7-9,12-13,16,18H,4-6,10-11,14-15H2,1-3H3,(H,20,21). The Balaban J connectivity index is 2.84. The van der Waals surface area contributed by atoms with Crippen molar-refractivity contribution >= 4 is 5.91 Å². The molecule has 0 spiro atoms. The van der Waals surface area contributed by atoms with Crippen LogP contribution < -0.4 is 5.32 Å². The van der Waals surface area contributed by atoms with Crippen molar-refractivity contribution < 1.29 is 4.79 Å². The first-order valence-corrected chi connectivity index (χ1v) is 8.48. The van der Waals surface area contributed by atoms with Gasteiger partial charge in [0.1, 0.15) is 0 Å². The van der Waals surface area contributed by atoms with E-state index in [2.05, 4.69) is 49.5 Å². The predicted octanol–water partition coefficient (Wildman–Crippen LogP) is 4.90. The van der Waals surface area contributed by atoms with Crippen molar-refractivity contribution in [3.05, 3.63) is 35.9 Å². The third-order valence-electron chi connectivity index (χ3n) is 4.35. The molecule has 118 valence electrons. The number of carbonyl (C=O) groups excluding carboxylic acids is 1. The van der Waals surface area contributed by atoms with E-state index in [0.717, 1.165) is 6.42 Å². The molecular formula is C19H31NO. The molecule has 2 atom stereocenters. The molecule has 21 heavy (non-hydrogen) atoms. The summed E-state index contributed by atoms with van der Waals surface area (Å²) in [7, 11) is 1.72. The average molecular weight is 289 g/mol. The van der Waals surface area contributed by atoms with Crippen LogP contribution in [0.3, 0.4) is 0 Å². The van der Waals surface area contributed by atoms with Gasteiger partial charge in [0.05, 0.1) is 0 Å². The Morgan fingerprint density at radius 2 is 1.76 bits per heavy atom. The van der Waals surface area contributed by atoms with Crippen molar-refractivity contribution in [1.82, 2.24) is 5.32 Å². The summed E-state index contributed by atoms with van der Waals surface area (Å²) in [5.41, 5.74) is 1.40. The fourth-order valence-electron chi connectivity index (χ4n) is 3.17. The summed E-state index contributed by atoms with van der Waals surface area (Å²) in [5.74, 6) is 1.36. The Morgan fingerprint density at radius 3 is 2.33 bits per heavy atom. The Hall–Kier alpha value is -1.31. The highest BCUT2D eigenvalue weighted by Gasteiger charge is 2.22. The first-order chi connectivity index (χ1) is 10.2. The monoisotopic (exact) mass is 289 g/mol. The van der Waals surface area contributed by atoms with Crippen LogP contribution in [0, 0.1) is 5.92 Å². The molecule has 0 aliphatic carbocycles. The minimum absolute atomic E-state index is 0.154. The number of unbranched alkanes of at least 4 members (excludes halogenated alkanes) is 1. The van der Waals surface area contributed by atoms with E-state index in [9.17, 15) is 4.79 Å². The number of amides is 1. The third-order valence-corrected chi connectivity index (χ3v) is 4.35. The van der Waals surface area contributed by atoms with Gasteiger partial charge < -0.3 is 5.32 Å². The van der Waals surface area contributed by atoms with Crippen molar-refractivity contribution in [1.29, 1.82) is 0 Å². The van der Waals surface area contributed by atoms with E-state index in [0.29, 0.717) is 18.3 Å². The van der Waals surface area contributed by atoms with Gasteiger partial charge in [-0.2, -0.15) is 0 Å². The van der Waals surface area contributed by atoms with Gasteiger partial charge in [0, 0.05) is 13.5 Å². The first kappa shape index (κ1) is 17.7. The zero-order valence-corrected chi connectivity index (χ0v) is 13.9. The number of nitrogens with one attached hydrogen (secondary N) is 1. The van der Waals surface area contributed by atoms with Gasteiger partial charge in [0.15, 0.2) is 0 Å². The van der Waals surface area contributed by atoms with Crippen molar-refractivity contribution in [3.8, 4) is 0 Å². The molecule has 0 saturated heterocycles. The second kappa shape index (κ2) is 10.4. The minimum Gasteiger partial charge on any atom is -0.359 e. The van der Waals surface area contributed by atoms with Gasteiger partial charge in [0.25, 0.3) is 0 Å². The molecule has 2 nitrogen and oxygen atoms in total. The molecular weight excluding hydrogens is 258 g/mol. The zero-order chi connectivity index (χ0) is 15.5. The molecule has 1 aromatic carbocycles. The van der Waals surface area contributed by atoms with Gasteiger partial charge in [-0.25, -0.2) is 0 Å². The third kappa shape index (κ3) is 6.33. The van der Waals surface area contributed by atoms with Gasteiger partial charge in [0.2, 0.25) is 5.91 Å². The van der Waals surface area contributed by atoms with Gasteiger partial charge >= 0.3 is 0 Å². The lowest BCUT2D eigenvalue weighted by molar-refractivity contribution is -0.120. The Bertz CT molecular complexity index is 388. The summed E-state index contributed by atoms with van der Waals surface area (Å²) < 4.78 is 0. The summed E-state index contributed by atoms with van der Waals surface area (Å²) in [5, 5.41) is 2.75. The lowest BCUT2D eigenvalue weighted by Gasteiger charge is -2.27. The number of rotatable bonds is 10. The maximum atomic E-state index is 11.6. The predicted molar refractivity (Wildman–Crippen MR) is 90.4 cm³/mol. The summed E-state index contributed by atoms with van der Waals surface area (Å²) in [6, 6.07) is 10.8. The molecule has 2 heteroatoms. The maximum Gasteiger partial charge on any atom is 0.219 e. The molecule has 0 aliphatic heterocycles. The van der Waals surface area contributed by atoms with E-state index in [1.165, 1.54) is 37.7 Å². The highest BCUT2D eigenvalue weighted by atomic mass is 16.1. The summed E-state index contributed by atoms with van der Waals surface area (Å²) >= 11 is 0. The molecule has 2 unspecified atom stereocenters. The number of hydrogen-bond acceptors (Lipinski definition) is 1. The van der Waals surface area contributed by atoms with E-state index in [-0.39, 0.29) is 5.91 Å². The minimum atomic E-state index is 0.154. The molecule has 0 radical (unpaired) electrons. The maximum absolute atomic E-state index is 11.6. The molecule has 0 saturated carbocycles. The molecule has 1 aromatic rings. The van der Waals surface area contributed by atoms with E-state index in [1.54, 1.807) is 7.05 Å². The second-order valence-corrected chi connectivity index (χ2v) is 5.92. The smallest absolute Gasteiger partial charge is 0.219 e. The topological polar surface area (TPSA) is 29.1 Å². The van der Waals surface area contributed by atoms with Crippen LogP contribution in [0.1, 0.15) is 70.3 Å². The number of hydrogen-bond donors (Lipinski definition) is 1. The first-order valence-electron chi connectivity index (χ1n) is 8.48. The van der Waals surface area contributed by atoms with Gasteiger partial charge in [-0.15, -0.1) is 0 Å². The zero-order valence-electron chi connectivity index (χ0n) is 13.9. The Kier molecular flexibility index (Phi) is 8.80. The SMILES string of the molecule is CCCCC(CCC)C(CCC(=O)NC)c1ccccc1. The largest absolute Gasteiger partial charge is 0.359 e. The normalized spacial score (nSPS) is 13.7. The van der Waals surface area contributed by atoms with Crippen LogP contribution in [0.2, 0.25) is 0 Å². The Labute approximate surface area is 130 Å². The van der Waals surface area contributed by atoms with Crippen LogP contribution in [-0.2, 0) is 4.79 Å². The molecule has 0 fully saturated rings. The van der Waals surface area contributed by atoms with Crippen LogP contribution in [0.25, 0.3) is 0 Å². The van der Waals surface area contributed by atoms with Gasteiger partial charge in [-0.1, -0.05) is 69.9 Å². The Morgan fingerprint density at radius 1 is 1.05 bits per heavy atom. The van der Waals surface area contributed by atoms with Crippen LogP contribution >= 0.6 is 0 Å². The van der Waals surface area contributed by atoms with Crippen LogP contribution in [0.15, 0.2) is 30.3 Å². The lowest BCUT2D eigenvalue weighted by atomic mass is 9.78. The summed E-state index contributed by atoms with van der Waals surface area (Å²) in [6.45, 7) is 4.52. The van der Waals surface area contributed by atoms with Gasteiger partial charge in [-0.3, -0.25) is 4.79 Å². The number of benzene rings is 1. The molecule has 1 N–H and O–H groups in total. The molecule has 1 amide bonds.